The number of nitrogens with zero attached hydrogens (tertiary/aromatic N) is 12. The summed E-state index contributed by atoms with van der Waals surface area (Å²) in [4.78, 5) is 42.7. The monoisotopic (exact) mass is 1170 g/mol. The van der Waals surface area contributed by atoms with Crippen molar-refractivity contribution in [2.75, 3.05) is 99.2 Å². The average Bonchev–Trinajstić information content (AvgIpc) is 4.50. The molecule has 0 radical (unpaired) electrons. The number of urea groups is 2. The van der Waals surface area contributed by atoms with Gasteiger partial charge in [-0.15, -0.1) is 20.4 Å². The van der Waals surface area contributed by atoms with E-state index in [1.807, 2.05) is 87.0 Å². The molecule has 5 fully saturated rings. The minimum absolute atomic E-state index is 0.0285. The number of amides is 4. The smallest absolute Gasteiger partial charge is 0.399 e. The molecule has 5 aliphatic rings. The zero-order chi connectivity index (χ0) is 59.2. The fourth-order valence-electron chi connectivity index (χ4n) is 10.5. The zero-order valence-corrected chi connectivity index (χ0v) is 49.6. The number of anilines is 4. The number of carbonyl (C=O) groups is 2. The molecule has 11 rings (SSSR count). The Bertz CT molecular complexity index is 3210. The van der Waals surface area contributed by atoms with Crippen molar-refractivity contribution >= 4 is 59.3 Å². The first-order chi connectivity index (χ1) is 39.5. The Labute approximate surface area is 488 Å². The van der Waals surface area contributed by atoms with E-state index in [1.54, 1.807) is 30.9 Å². The lowest BCUT2D eigenvalue weighted by molar-refractivity contribution is -0.143. The zero-order valence-electron chi connectivity index (χ0n) is 48.8. The van der Waals surface area contributed by atoms with E-state index in [4.69, 9.17) is 35.4 Å². The van der Waals surface area contributed by atoms with E-state index < -0.39 is 42.9 Å². The number of morpholine rings is 2. The van der Waals surface area contributed by atoms with Crippen molar-refractivity contribution in [3.8, 4) is 34.2 Å². The summed E-state index contributed by atoms with van der Waals surface area (Å²) in [5.41, 5.74) is 6.87. The van der Waals surface area contributed by atoms with Gasteiger partial charge in [0.2, 0.25) is 0 Å². The van der Waals surface area contributed by atoms with Crippen molar-refractivity contribution in [3.63, 3.8) is 0 Å². The van der Waals surface area contributed by atoms with Crippen LogP contribution < -0.4 is 25.9 Å². The molecule has 0 bridgehead atoms. The molecule has 83 heavy (non-hydrogen) atoms. The van der Waals surface area contributed by atoms with Crippen molar-refractivity contribution in [1.82, 2.24) is 49.3 Å². The fourth-order valence-corrected chi connectivity index (χ4v) is 10.7. The van der Waals surface area contributed by atoms with Gasteiger partial charge in [0.05, 0.1) is 37.6 Å². The third kappa shape index (κ3) is 15.1. The molecule has 6 aromatic rings. The van der Waals surface area contributed by atoms with Gasteiger partial charge in [0.15, 0.2) is 11.6 Å². The van der Waals surface area contributed by atoms with Crippen molar-refractivity contribution in [2.24, 2.45) is 25.9 Å². The summed E-state index contributed by atoms with van der Waals surface area (Å²) < 4.78 is 64.5. The second-order valence-corrected chi connectivity index (χ2v) is 23.3. The maximum Gasteiger partial charge on any atom is 0.495 e. The van der Waals surface area contributed by atoms with Crippen molar-refractivity contribution < 1.29 is 41.5 Å². The summed E-state index contributed by atoms with van der Waals surface area (Å²) in [5.74, 6) is 3.22. The number of aromatic nitrogens is 8. The number of likely N-dealkylation sites (tertiary alicyclic amines) is 2. The molecule has 444 valence electrons. The van der Waals surface area contributed by atoms with E-state index in [2.05, 4.69) is 77.9 Å². The second kappa shape index (κ2) is 26.0. The van der Waals surface area contributed by atoms with E-state index >= 15 is 0 Å². The van der Waals surface area contributed by atoms with Crippen LogP contribution in [0.3, 0.4) is 0 Å². The maximum atomic E-state index is 12.9. The molecular formula is C58H75BClF3N14O6. The van der Waals surface area contributed by atoms with Crippen LogP contribution in [0.1, 0.15) is 71.4 Å². The molecule has 9 heterocycles. The Morgan fingerprint density at radius 1 is 0.675 bits per heavy atom. The first kappa shape index (κ1) is 60.7. The third-order valence-electron chi connectivity index (χ3n) is 16.2. The molecule has 0 saturated carbocycles. The lowest BCUT2D eigenvalue weighted by atomic mass is 9.76. The number of ether oxygens (including phenoxy) is 2. The lowest BCUT2D eigenvalue weighted by Crippen LogP contribution is -2.41. The van der Waals surface area contributed by atoms with Crippen LogP contribution in [0, 0.1) is 25.7 Å². The molecule has 0 spiro atoms. The number of halogens is 4. The van der Waals surface area contributed by atoms with Crippen LogP contribution in [0.5, 0.6) is 0 Å². The molecule has 20 nitrogen and oxygen atoms in total. The fraction of sp³-hybridized carbons (Fsp3) is 0.517. The predicted octanol–water partition coefficient (Wildman–Crippen LogP) is 9.42. The Morgan fingerprint density at radius 2 is 1.17 bits per heavy atom. The SMILES string of the molecule is CC[C@@H]1CCN(C(=O)Nc2ccc(C)c(-c3cc(-c4nncn4C)nc(N4CCOCC4)c3)c2)C1.Cc1ccc(NC(=O)N2CC[C@@H](CC(F)(F)F)C2)cc1B1OC(C)(C)C(C)(C)O1.Cn1cnnc1-c1cc(Cl)cc(N2CCOCC2)n1. The van der Waals surface area contributed by atoms with Crippen LogP contribution in [-0.4, -0.2) is 165 Å². The number of hydrogen-bond acceptors (Lipinski definition) is 14. The van der Waals surface area contributed by atoms with Gasteiger partial charge < -0.3 is 58.1 Å². The van der Waals surface area contributed by atoms with Gasteiger partial charge in [0.25, 0.3) is 0 Å². The maximum absolute atomic E-state index is 12.9. The largest absolute Gasteiger partial charge is 0.495 e. The summed E-state index contributed by atoms with van der Waals surface area (Å²) in [5, 5.41) is 22.8. The van der Waals surface area contributed by atoms with Gasteiger partial charge in [0.1, 0.15) is 35.7 Å². The summed E-state index contributed by atoms with van der Waals surface area (Å²) >= 11 is 6.18. The first-order valence-electron chi connectivity index (χ1n) is 28.3. The molecule has 5 aliphatic heterocycles. The number of nitrogens with one attached hydrogen (secondary N) is 2. The molecule has 5 saturated heterocycles. The van der Waals surface area contributed by atoms with Gasteiger partial charge in [-0.3, -0.25) is 0 Å². The average molecular weight is 1170 g/mol. The molecule has 4 aromatic heterocycles. The van der Waals surface area contributed by atoms with Gasteiger partial charge in [-0.05, 0) is 137 Å². The first-order valence-corrected chi connectivity index (χ1v) is 28.7. The van der Waals surface area contributed by atoms with Crippen LogP contribution in [0.4, 0.5) is 45.8 Å². The molecule has 2 aromatic carbocycles. The van der Waals surface area contributed by atoms with Crippen LogP contribution >= 0.6 is 11.6 Å². The standard InChI is InChI=1S/C26H33N7O2.C20H28BF3N2O3.C12H14ClN5O/c1-4-19-7-8-33(16-19)26(34)28-21-6-5-18(2)22(15-21)20-13-23(25-30-27-17-31(25)3)29-24(14-20)32-9-11-35-12-10-32;1-13-6-7-15(10-16(13)21-28-18(2,3)19(4,5)29-21)25-17(27)26-9-8-14(12-26)11-20(22,23)24;1-17-8-14-16-12(17)10-6-9(13)7-11(15-10)18-2-4-19-5-3-18/h5-6,13-15,17,19H,4,7-12,16H2,1-3H3,(H,28,34);6-7,10,14H,8-9,11-12H2,1-5H3,(H,25,27);6-8H,2-5H2,1H3/t19-;14-;/m10./s1. The highest BCUT2D eigenvalue weighted by atomic mass is 35.5. The number of carbonyl (C=O) groups excluding carboxylic acids is 2. The summed E-state index contributed by atoms with van der Waals surface area (Å²) in [7, 11) is 3.24. The Balaban J connectivity index is 0.000000156. The number of alkyl halides is 3. The topological polar surface area (TPSA) is 195 Å². The van der Waals surface area contributed by atoms with Crippen molar-refractivity contribution in [1.29, 1.82) is 0 Å². The van der Waals surface area contributed by atoms with Crippen LogP contribution in [0.2, 0.25) is 5.02 Å². The molecular weight excluding hydrogens is 1090 g/mol. The molecule has 0 unspecified atom stereocenters. The molecule has 0 aliphatic carbocycles. The normalized spacial score (nSPS) is 19.5. The number of hydrogen-bond donors (Lipinski definition) is 2. The lowest BCUT2D eigenvalue weighted by Gasteiger charge is -2.32. The highest BCUT2D eigenvalue weighted by Crippen LogP contribution is 2.38. The quantitative estimate of drug-likeness (QED) is 0.123. The summed E-state index contributed by atoms with van der Waals surface area (Å²) in [6, 6.07) is 18.9. The van der Waals surface area contributed by atoms with Gasteiger partial charge in [0, 0.05) is 89.3 Å². The van der Waals surface area contributed by atoms with Crippen molar-refractivity contribution in [3.05, 3.63) is 89.5 Å². The van der Waals surface area contributed by atoms with E-state index in [0.717, 1.165) is 109 Å². The summed E-state index contributed by atoms with van der Waals surface area (Å²) in [6.45, 7) is 22.2. The minimum atomic E-state index is -4.20. The minimum Gasteiger partial charge on any atom is -0.399 e. The molecule has 2 atom stereocenters. The third-order valence-corrected chi connectivity index (χ3v) is 16.4. The van der Waals surface area contributed by atoms with Crippen LogP contribution in [0.25, 0.3) is 34.2 Å². The summed E-state index contributed by atoms with van der Waals surface area (Å²) in [6.07, 6.45) is 0.821. The van der Waals surface area contributed by atoms with Gasteiger partial charge in [-0.1, -0.05) is 42.6 Å². The Kier molecular flexibility index (Phi) is 19.0. The van der Waals surface area contributed by atoms with E-state index in [1.165, 1.54) is 4.90 Å². The van der Waals surface area contributed by atoms with E-state index in [9.17, 15) is 22.8 Å². The highest BCUT2D eigenvalue weighted by Gasteiger charge is 2.52. The van der Waals surface area contributed by atoms with E-state index in [0.29, 0.717) is 67.7 Å². The van der Waals surface area contributed by atoms with Gasteiger partial charge >= 0.3 is 25.4 Å². The highest BCUT2D eigenvalue weighted by molar-refractivity contribution is 6.62. The van der Waals surface area contributed by atoms with Crippen LogP contribution in [-0.2, 0) is 32.9 Å². The van der Waals surface area contributed by atoms with Crippen molar-refractivity contribution in [2.45, 2.75) is 91.5 Å². The number of benzene rings is 2. The Hall–Kier alpha value is -6.86. The number of aryl methyl sites for hydroxylation is 4. The molecule has 2 N–H and O–H groups in total. The number of pyridine rings is 2. The molecule has 25 heteroatoms. The van der Waals surface area contributed by atoms with E-state index in [-0.39, 0.29) is 12.6 Å². The number of rotatable bonds is 10. The Morgan fingerprint density at radius 3 is 1.67 bits per heavy atom. The molecule has 4 amide bonds. The van der Waals surface area contributed by atoms with Gasteiger partial charge in [-0.2, -0.15) is 13.2 Å². The predicted molar refractivity (Wildman–Crippen MR) is 315 cm³/mol. The van der Waals surface area contributed by atoms with Gasteiger partial charge in [-0.25, -0.2) is 19.6 Å². The van der Waals surface area contributed by atoms with Crippen LogP contribution in [0.15, 0.2) is 73.3 Å². The second-order valence-electron chi connectivity index (χ2n) is 22.8.